The van der Waals surface area contributed by atoms with Crippen molar-refractivity contribution >= 4 is 5.91 Å². The predicted molar refractivity (Wildman–Crippen MR) is 104 cm³/mol. The number of carbonyl (C=O) groups is 1. The molecule has 0 aliphatic heterocycles. The fourth-order valence-electron chi connectivity index (χ4n) is 2.85. The largest absolute Gasteiger partial charge is 0.494 e. The molecule has 0 bridgehead atoms. The van der Waals surface area contributed by atoms with Crippen molar-refractivity contribution in [3.05, 3.63) is 65.9 Å². The van der Waals surface area contributed by atoms with E-state index < -0.39 is 0 Å². The lowest BCUT2D eigenvalue weighted by atomic mass is 10.2. The second kappa shape index (κ2) is 9.12. The number of nitrogens with one attached hydrogen (secondary N) is 1. The van der Waals surface area contributed by atoms with Crippen LogP contribution in [0.2, 0.25) is 0 Å². The predicted octanol–water partition coefficient (Wildman–Crippen LogP) is 3.96. The molecule has 0 fully saturated rings. The van der Waals surface area contributed by atoms with Gasteiger partial charge >= 0.3 is 0 Å². The summed E-state index contributed by atoms with van der Waals surface area (Å²) in [5.41, 5.74) is 0.946. The van der Waals surface area contributed by atoms with Crippen molar-refractivity contribution in [2.24, 2.45) is 0 Å². The van der Waals surface area contributed by atoms with Gasteiger partial charge in [-0.05, 0) is 63.2 Å². The number of aryl methyl sites for hydroxylation is 1. The van der Waals surface area contributed by atoms with Crippen molar-refractivity contribution in [3.63, 3.8) is 0 Å². The van der Waals surface area contributed by atoms with Crippen LogP contribution in [0.1, 0.15) is 48.8 Å². The maximum atomic E-state index is 12.4. The van der Waals surface area contributed by atoms with Gasteiger partial charge in [-0.25, -0.2) is 0 Å². The number of aromatic nitrogens is 2. The number of nitrogens with zero attached hydrogens (tertiary/aromatic N) is 2. The molecule has 1 amide bonds. The molecule has 1 aromatic carbocycles. The van der Waals surface area contributed by atoms with Crippen molar-refractivity contribution in [2.75, 3.05) is 6.61 Å². The van der Waals surface area contributed by atoms with Crippen LogP contribution in [-0.4, -0.2) is 22.3 Å². The Labute approximate surface area is 164 Å². The zero-order valence-electron chi connectivity index (χ0n) is 16.3. The molecule has 148 valence electrons. The average Bonchev–Trinajstić information content (AvgIpc) is 3.37. The van der Waals surface area contributed by atoms with Gasteiger partial charge in [0.25, 0.3) is 5.91 Å². The molecule has 0 aliphatic carbocycles. The highest BCUT2D eigenvalue weighted by atomic mass is 16.5. The normalized spacial score (nSPS) is 11.8. The minimum absolute atomic E-state index is 0.177. The second-order valence-corrected chi connectivity index (χ2v) is 6.23. The third-order valence-corrected chi connectivity index (χ3v) is 4.24. The average molecular weight is 383 g/mol. The van der Waals surface area contributed by atoms with Crippen molar-refractivity contribution in [1.82, 2.24) is 15.1 Å². The van der Waals surface area contributed by atoms with Gasteiger partial charge in [-0.3, -0.25) is 9.48 Å². The molecule has 0 spiro atoms. The monoisotopic (exact) mass is 383 g/mol. The summed E-state index contributed by atoms with van der Waals surface area (Å²) in [5, 5.41) is 7.16. The molecule has 28 heavy (non-hydrogen) atoms. The fourth-order valence-corrected chi connectivity index (χ4v) is 2.85. The number of hydrogen-bond donors (Lipinski definition) is 1. The van der Waals surface area contributed by atoms with E-state index in [1.54, 1.807) is 18.3 Å². The molecule has 2 heterocycles. The van der Waals surface area contributed by atoms with Crippen LogP contribution in [0.5, 0.6) is 11.5 Å². The molecule has 1 atom stereocenters. The van der Waals surface area contributed by atoms with E-state index >= 15 is 0 Å². The lowest BCUT2D eigenvalue weighted by Crippen LogP contribution is -2.28. The molecule has 7 heteroatoms. The van der Waals surface area contributed by atoms with Gasteiger partial charge in [-0.15, -0.1) is 0 Å². The summed E-state index contributed by atoms with van der Waals surface area (Å²) in [6.07, 6.45) is 1.73. The molecular formula is C21H25N3O4. The van der Waals surface area contributed by atoms with Gasteiger partial charge in [-0.1, -0.05) is 0 Å². The van der Waals surface area contributed by atoms with Gasteiger partial charge in [0, 0.05) is 12.7 Å². The van der Waals surface area contributed by atoms with Crippen LogP contribution in [0.15, 0.2) is 53.1 Å². The Hall–Kier alpha value is -3.22. The summed E-state index contributed by atoms with van der Waals surface area (Å²) in [7, 11) is 0. The second-order valence-electron chi connectivity index (χ2n) is 6.23. The lowest BCUT2D eigenvalue weighted by molar-refractivity contribution is 0.0906. The zero-order valence-corrected chi connectivity index (χ0v) is 16.3. The number of hydrogen-bond acceptors (Lipinski definition) is 5. The SMILES string of the molecule is CCOc1ccc(OCc2ccc(C(=O)NC(C)c3ccnn3CC)o2)cc1. The van der Waals surface area contributed by atoms with E-state index in [9.17, 15) is 4.79 Å². The van der Waals surface area contributed by atoms with E-state index in [0.29, 0.717) is 18.1 Å². The van der Waals surface area contributed by atoms with Crippen molar-refractivity contribution < 1.29 is 18.7 Å². The van der Waals surface area contributed by atoms with Gasteiger partial charge < -0.3 is 19.2 Å². The van der Waals surface area contributed by atoms with Crippen LogP contribution in [0.3, 0.4) is 0 Å². The summed E-state index contributed by atoms with van der Waals surface area (Å²) >= 11 is 0. The molecule has 3 aromatic rings. The smallest absolute Gasteiger partial charge is 0.287 e. The van der Waals surface area contributed by atoms with Gasteiger partial charge in [0.1, 0.15) is 23.9 Å². The third kappa shape index (κ3) is 4.73. The van der Waals surface area contributed by atoms with E-state index in [1.807, 2.05) is 55.8 Å². The van der Waals surface area contributed by atoms with Crippen LogP contribution in [-0.2, 0) is 13.2 Å². The van der Waals surface area contributed by atoms with Crippen LogP contribution < -0.4 is 14.8 Å². The molecule has 0 saturated carbocycles. The first-order valence-corrected chi connectivity index (χ1v) is 9.37. The number of carbonyl (C=O) groups excluding carboxylic acids is 1. The van der Waals surface area contributed by atoms with Crippen molar-refractivity contribution in [2.45, 2.75) is 40.0 Å². The zero-order chi connectivity index (χ0) is 19.9. The van der Waals surface area contributed by atoms with Crippen LogP contribution in [0, 0.1) is 0 Å². The number of rotatable bonds is 9. The maximum Gasteiger partial charge on any atom is 0.287 e. The number of ether oxygens (including phenoxy) is 2. The van der Waals surface area contributed by atoms with Crippen LogP contribution in [0.25, 0.3) is 0 Å². The maximum absolute atomic E-state index is 12.4. The molecule has 0 radical (unpaired) electrons. The Kier molecular flexibility index (Phi) is 6.37. The minimum Gasteiger partial charge on any atom is -0.494 e. The summed E-state index contributed by atoms with van der Waals surface area (Å²) in [6, 6.07) is 12.5. The standard InChI is InChI=1S/C21H25N3O4/c1-4-24-19(12-13-22-24)15(3)23-21(25)20-11-10-18(28-20)14-27-17-8-6-16(7-9-17)26-5-2/h6-13,15H,4-5,14H2,1-3H3,(H,23,25). The minimum atomic E-state index is -0.274. The molecule has 0 saturated heterocycles. The van der Waals surface area contributed by atoms with Gasteiger partial charge in [0.15, 0.2) is 5.76 Å². The highest BCUT2D eigenvalue weighted by molar-refractivity contribution is 5.91. The Morgan fingerprint density at radius 1 is 1.11 bits per heavy atom. The summed E-state index contributed by atoms with van der Waals surface area (Å²) in [4.78, 5) is 12.4. The van der Waals surface area contributed by atoms with E-state index in [4.69, 9.17) is 13.9 Å². The molecule has 2 aromatic heterocycles. The van der Waals surface area contributed by atoms with Crippen molar-refractivity contribution in [1.29, 1.82) is 0 Å². The number of furan rings is 1. The summed E-state index contributed by atoms with van der Waals surface area (Å²) in [5.74, 6) is 2.05. The molecule has 0 aliphatic rings. The fraction of sp³-hybridized carbons (Fsp3) is 0.333. The highest BCUT2D eigenvalue weighted by Crippen LogP contribution is 2.20. The Morgan fingerprint density at radius 3 is 2.50 bits per heavy atom. The van der Waals surface area contributed by atoms with E-state index in [-0.39, 0.29) is 24.3 Å². The van der Waals surface area contributed by atoms with E-state index in [1.165, 1.54) is 0 Å². The Bertz CT molecular complexity index is 899. The third-order valence-electron chi connectivity index (χ3n) is 4.24. The first-order chi connectivity index (χ1) is 13.6. The lowest BCUT2D eigenvalue weighted by Gasteiger charge is -2.14. The van der Waals surface area contributed by atoms with Gasteiger partial charge in [-0.2, -0.15) is 5.10 Å². The molecule has 1 N–H and O–H groups in total. The van der Waals surface area contributed by atoms with Crippen LogP contribution >= 0.6 is 0 Å². The van der Waals surface area contributed by atoms with E-state index in [0.717, 1.165) is 18.0 Å². The Morgan fingerprint density at radius 2 is 1.82 bits per heavy atom. The van der Waals surface area contributed by atoms with Gasteiger partial charge in [0.2, 0.25) is 0 Å². The topological polar surface area (TPSA) is 78.5 Å². The number of amides is 1. The number of benzene rings is 1. The quantitative estimate of drug-likeness (QED) is 0.605. The van der Waals surface area contributed by atoms with Gasteiger partial charge in [0.05, 0.1) is 18.3 Å². The molecule has 1 unspecified atom stereocenters. The summed E-state index contributed by atoms with van der Waals surface area (Å²) < 4.78 is 18.6. The molecular weight excluding hydrogens is 358 g/mol. The first-order valence-electron chi connectivity index (χ1n) is 9.37. The molecule has 7 nitrogen and oxygen atoms in total. The first kappa shape index (κ1) is 19.5. The van der Waals surface area contributed by atoms with Crippen LogP contribution in [0.4, 0.5) is 0 Å². The highest BCUT2D eigenvalue weighted by Gasteiger charge is 2.17. The van der Waals surface area contributed by atoms with E-state index in [2.05, 4.69) is 10.4 Å². The molecule has 3 rings (SSSR count). The van der Waals surface area contributed by atoms with Crippen molar-refractivity contribution in [3.8, 4) is 11.5 Å². The Balaban J connectivity index is 1.55. The summed E-state index contributed by atoms with van der Waals surface area (Å²) in [6.45, 7) is 7.47.